The van der Waals surface area contributed by atoms with Gasteiger partial charge in [0.15, 0.2) is 0 Å². The Bertz CT molecular complexity index is 351. The van der Waals surface area contributed by atoms with Crippen LogP contribution in [0.15, 0.2) is 24.3 Å². The molecule has 1 atom stereocenters. The van der Waals surface area contributed by atoms with Crippen LogP contribution in [0.3, 0.4) is 0 Å². The van der Waals surface area contributed by atoms with Crippen molar-refractivity contribution in [3.63, 3.8) is 0 Å². The molecule has 0 amide bonds. The van der Waals surface area contributed by atoms with Gasteiger partial charge in [-0.1, -0.05) is 19.1 Å². The van der Waals surface area contributed by atoms with Crippen LogP contribution in [0, 0.1) is 0 Å². The second kappa shape index (κ2) is 8.15. The Morgan fingerprint density at radius 3 is 2.26 bits per heavy atom. The number of hydrogen-bond acceptors (Lipinski definition) is 4. The van der Waals surface area contributed by atoms with Gasteiger partial charge < -0.3 is 15.7 Å². The predicted molar refractivity (Wildman–Crippen MR) is 81.1 cm³/mol. The number of likely N-dealkylation sites (N-methyl/N-ethyl adjacent to an activating group) is 1. The van der Waals surface area contributed by atoms with Gasteiger partial charge in [-0.05, 0) is 44.8 Å². The second-order valence-corrected chi connectivity index (χ2v) is 5.29. The SMILES string of the molecule is CCCN(CCN(C)C)CC(O)c1ccc(N)cc1. The van der Waals surface area contributed by atoms with E-state index in [0.717, 1.165) is 37.3 Å². The van der Waals surface area contributed by atoms with E-state index in [-0.39, 0.29) is 0 Å². The van der Waals surface area contributed by atoms with Gasteiger partial charge in [-0.3, -0.25) is 4.90 Å². The molecule has 1 rings (SSSR count). The van der Waals surface area contributed by atoms with E-state index < -0.39 is 6.10 Å². The largest absolute Gasteiger partial charge is 0.399 e. The fourth-order valence-corrected chi connectivity index (χ4v) is 2.02. The first-order chi connectivity index (χ1) is 9.02. The standard InChI is InChI=1S/C15H27N3O/c1-4-9-18(11-10-17(2)3)12-15(19)13-5-7-14(16)8-6-13/h5-8,15,19H,4,9-12,16H2,1-3H3. The van der Waals surface area contributed by atoms with Crippen molar-refractivity contribution in [3.8, 4) is 0 Å². The van der Waals surface area contributed by atoms with Crippen molar-refractivity contribution in [2.24, 2.45) is 0 Å². The third-order valence-electron chi connectivity index (χ3n) is 3.16. The van der Waals surface area contributed by atoms with E-state index in [1.807, 2.05) is 24.3 Å². The van der Waals surface area contributed by atoms with Crippen molar-refractivity contribution in [3.05, 3.63) is 29.8 Å². The van der Waals surface area contributed by atoms with E-state index in [1.54, 1.807) is 0 Å². The average molecular weight is 265 g/mol. The molecule has 0 saturated carbocycles. The molecule has 0 spiro atoms. The highest BCUT2D eigenvalue weighted by Gasteiger charge is 2.13. The Morgan fingerprint density at radius 2 is 1.74 bits per heavy atom. The number of nitrogen functional groups attached to an aromatic ring is 1. The number of rotatable bonds is 8. The van der Waals surface area contributed by atoms with E-state index in [2.05, 4.69) is 30.8 Å². The fourth-order valence-electron chi connectivity index (χ4n) is 2.02. The normalized spacial score (nSPS) is 13.2. The number of aliphatic hydroxyl groups is 1. The Balaban J connectivity index is 2.54. The van der Waals surface area contributed by atoms with Gasteiger partial charge >= 0.3 is 0 Å². The van der Waals surface area contributed by atoms with Crippen LogP contribution in [0.4, 0.5) is 5.69 Å². The molecule has 1 aromatic carbocycles. The topological polar surface area (TPSA) is 52.7 Å². The second-order valence-electron chi connectivity index (χ2n) is 5.29. The average Bonchev–Trinajstić information content (AvgIpc) is 2.37. The first kappa shape index (κ1) is 16.0. The van der Waals surface area contributed by atoms with Crippen LogP contribution < -0.4 is 5.73 Å². The predicted octanol–water partition coefficient (Wildman–Crippen LogP) is 1.58. The fraction of sp³-hybridized carbons (Fsp3) is 0.600. The Hall–Kier alpha value is -1.10. The number of nitrogens with zero attached hydrogens (tertiary/aromatic N) is 2. The van der Waals surface area contributed by atoms with Crippen molar-refractivity contribution < 1.29 is 5.11 Å². The Labute approximate surface area is 116 Å². The number of aliphatic hydroxyl groups excluding tert-OH is 1. The molecule has 1 aromatic rings. The maximum Gasteiger partial charge on any atom is 0.0916 e. The van der Waals surface area contributed by atoms with Crippen molar-refractivity contribution in [1.82, 2.24) is 9.80 Å². The van der Waals surface area contributed by atoms with Gasteiger partial charge in [0, 0.05) is 25.3 Å². The lowest BCUT2D eigenvalue weighted by atomic mass is 10.1. The zero-order valence-electron chi connectivity index (χ0n) is 12.3. The van der Waals surface area contributed by atoms with Crippen LogP contribution in [0.1, 0.15) is 25.0 Å². The molecule has 0 aromatic heterocycles. The summed E-state index contributed by atoms with van der Waals surface area (Å²) in [5, 5.41) is 10.3. The highest BCUT2D eigenvalue weighted by molar-refractivity contribution is 5.39. The molecule has 0 aliphatic carbocycles. The molecule has 108 valence electrons. The molecular weight excluding hydrogens is 238 g/mol. The summed E-state index contributed by atoms with van der Waals surface area (Å²) < 4.78 is 0. The number of benzene rings is 1. The Kier molecular flexibility index (Phi) is 6.84. The van der Waals surface area contributed by atoms with E-state index >= 15 is 0 Å². The number of anilines is 1. The summed E-state index contributed by atoms with van der Waals surface area (Å²) in [6, 6.07) is 7.47. The van der Waals surface area contributed by atoms with Crippen LogP contribution in [0.2, 0.25) is 0 Å². The molecule has 0 heterocycles. The number of hydrogen-bond donors (Lipinski definition) is 2. The van der Waals surface area contributed by atoms with Gasteiger partial charge in [-0.2, -0.15) is 0 Å². The van der Waals surface area contributed by atoms with Crippen LogP contribution >= 0.6 is 0 Å². The van der Waals surface area contributed by atoms with E-state index in [9.17, 15) is 5.11 Å². The Morgan fingerprint density at radius 1 is 1.11 bits per heavy atom. The van der Waals surface area contributed by atoms with Crippen LogP contribution in [0.5, 0.6) is 0 Å². The summed E-state index contributed by atoms with van der Waals surface area (Å²) in [6.45, 7) is 5.84. The first-order valence-corrected chi connectivity index (χ1v) is 6.93. The third-order valence-corrected chi connectivity index (χ3v) is 3.16. The molecule has 4 heteroatoms. The molecule has 0 fully saturated rings. The zero-order chi connectivity index (χ0) is 14.3. The van der Waals surface area contributed by atoms with E-state index in [0.29, 0.717) is 6.54 Å². The van der Waals surface area contributed by atoms with Gasteiger partial charge in [0.05, 0.1) is 6.10 Å². The van der Waals surface area contributed by atoms with Crippen LogP contribution in [0.25, 0.3) is 0 Å². The van der Waals surface area contributed by atoms with Crippen LogP contribution in [-0.2, 0) is 0 Å². The van der Waals surface area contributed by atoms with Crippen molar-refractivity contribution in [2.45, 2.75) is 19.4 Å². The lowest BCUT2D eigenvalue weighted by Gasteiger charge is -2.26. The highest BCUT2D eigenvalue weighted by atomic mass is 16.3. The summed E-state index contributed by atoms with van der Waals surface area (Å²) in [7, 11) is 4.14. The molecule has 0 aliphatic heterocycles. The summed E-state index contributed by atoms with van der Waals surface area (Å²) in [6.07, 6.45) is 0.649. The summed E-state index contributed by atoms with van der Waals surface area (Å²) in [5.41, 5.74) is 7.32. The minimum atomic E-state index is -0.450. The maximum absolute atomic E-state index is 10.3. The van der Waals surface area contributed by atoms with Gasteiger partial charge in [-0.25, -0.2) is 0 Å². The molecular formula is C15H27N3O. The van der Waals surface area contributed by atoms with Gasteiger partial charge in [0.25, 0.3) is 0 Å². The minimum Gasteiger partial charge on any atom is -0.399 e. The molecule has 4 nitrogen and oxygen atoms in total. The van der Waals surface area contributed by atoms with Crippen molar-refractivity contribution in [1.29, 1.82) is 0 Å². The zero-order valence-corrected chi connectivity index (χ0v) is 12.3. The first-order valence-electron chi connectivity index (χ1n) is 6.93. The van der Waals surface area contributed by atoms with Gasteiger partial charge in [0.1, 0.15) is 0 Å². The van der Waals surface area contributed by atoms with E-state index in [1.165, 1.54) is 0 Å². The molecule has 0 bridgehead atoms. The molecule has 0 saturated heterocycles. The highest BCUT2D eigenvalue weighted by Crippen LogP contribution is 2.16. The quantitative estimate of drug-likeness (QED) is 0.701. The molecule has 0 aliphatic rings. The summed E-state index contributed by atoms with van der Waals surface area (Å²) in [4.78, 5) is 4.47. The summed E-state index contributed by atoms with van der Waals surface area (Å²) >= 11 is 0. The molecule has 19 heavy (non-hydrogen) atoms. The lowest BCUT2D eigenvalue weighted by Crippen LogP contribution is -2.35. The van der Waals surface area contributed by atoms with Crippen molar-refractivity contribution >= 4 is 5.69 Å². The smallest absolute Gasteiger partial charge is 0.0916 e. The molecule has 0 radical (unpaired) electrons. The van der Waals surface area contributed by atoms with E-state index in [4.69, 9.17) is 5.73 Å². The van der Waals surface area contributed by atoms with Gasteiger partial charge in [0.2, 0.25) is 0 Å². The monoisotopic (exact) mass is 265 g/mol. The van der Waals surface area contributed by atoms with Gasteiger partial charge in [-0.15, -0.1) is 0 Å². The maximum atomic E-state index is 10.3. The van der Waals surface area contributed by atoms with Crippen molar-refractivity contribution in [2.75, 3.05) is 46.0 Å². The lowest BCUT2D eigenvalue weighted by molar-refractivity contribution is 0.108. The number of nitrogens with two attached hydrogens (primary N) is 1. The summed E-state index contributed by atoms with van der Waals surface area (Å²) in [5.74, 6) is 0. The van der Waals surface area contributed by atoms with Crippen LogP contribution in [-0.4, -0.2) is 55.2 Å². The molecule has 3 N–H and O–H groups in total. The minimum absolute atomic E-state index is 0.450. The molecule has 1 unspecified atom stereocenters. The third kappa shape index (κ3) is 6.05.